The van der Waals surface area contributed by atoms with E-state index in [1.165, 1.54) is 12.1 Å². The molecule has 0 radical (unpaired) electrons. The van der Waals surface area contributed by atoms with E-state index in [0.29, 0.717) is 11.3 Å². The first-order valence-electron chi connectivity index (χ1n) is 6.26. The molecule has 0 atom stereocenters. The molecule has 0 amide bonds. The minimum absolute atomic E-state index is 0.180. The van der Waals surface area contributed by atoms with E-state index >= 15 is 0 Å². The zero-order valence-corrected chi connectivity index (χ0v) is 11.7. The molecular formula is C16H11FN2OS. The molecule has 3 aromatic rings. The Hall–Kier alpha value is -2.53. The van der Waals surface area contributed by atoms with Crippen molar-refractivity contribution in [2.75, 3.05) is 0 Å². The third kappa shape index (κ3) is 2.83. The van der Waals surface area contributed by atoms with Gasteiger partial charge >= 0.3 is 0 Å². The Morgan fingerprint density at radius 2 is 1.90 bits per heavy atom. The van der Waals surface area contributed by atoms with Gasteiger partial charge in [0.2, 0.25) is 5.88 Å². The molecule has 21 heavy (non-hydrogen) atoms. The maximum atomic E-state index is 13.2. The van der Waals surface area contributed by atoms with E-state index in [1.54, 1.807) is 12.1 Å². The van der Waals surface area contributed by atoms with Crippen LogP contribution >= 0.6 is 12.2 Å². The van der Waals surface area contributed by atoms with Crippen molar-refractivity contribution in [3.05, 3.63) is 66.0 Å². The predicted octanol–water partition coefficient (Wildman–Crippen LogP) is 3.80. The number of hydrogen-bond donors (Lipinski definition) is 1. The monoisotopic (exact) mass is 298 g/mol. The topological polar surface area (TPSA) is 48.1 Å². The second-order valence-electron chi connectivity index (χ2n) is 4.46. The highest BCUT2D eigenvalue weighted by atomic mass is 32.1. The minimum atomic E-state index is -0.384. The molecule has 2 N–H and O–H groups in total. The quantitative estimate of drug-likeness (QED) is 0.747. The molecule has 0 saturated carbocycles. The number of fused-ring (bicyclic) bond motifs is 1. The van der Waals surface area contributed by atoms with E-state index in [4.69, 9.17) is 22.7 Å². The molecule has 0 aliphatic rings. The lowest BCUT2D eigenvalue weighted by atomic mass is 10.1. The van der Waals surface area contributed by atoms with Crippen LogP contribution in [0.25, 0.3) is 10.9 Å². The van der Waals surface area contributed by atoms with Gasteiger partial charge in [-0.25, -0.2) is 9.37 Å². The number of aromatic nitrogens is 1. The molecule has 1 heterocycles. The Bertz CT molecular complexity index is 835. The van der Waals surface area contributed by atoms with Gasteiger partial charge in [-0.3, -0.25) is 0 Å². The lowest BCUT2D eigenvalue weighted by molar-refractivity contribution is 0.459. The van der Waals surface area contributed by atoms with Gasteiger partial charge < -0.3 is 10.5 Å². The van der Waals surface area contributed by atoms with Crippen molar-refractivity contribution in [1.82, 2.24) is 4.98 Å². The molecule has 0 fully saturated rings. The summed E-state index contributed by atoms with van der Waals surface area (Å²) in [5.41, 5.74) is 7.00. The van der Waals surface area contributed by atoms with Gasteiger partial charge in [0.25, 0.3) is 0 Å². The fourth-order valence-electron chi connectivity index (χ4n) is 1.99. The molecule has 5 heteroatoms. The van der Waals surface area contributed by atoms with Crippen LogP contribution in [0.5, 0.6) is 11.6 Å². The molecule has 0 bridgehead atoms. The highest BCUT2D eigenvalue weighted by Gasteiger charge is 2.12. The van der Waals surface area contributed by atoms with Crippen LogP contribution in [0.3, 0.4) is 0 Å². The third-order valence-corrected chi connectivity index (χ3v) is 3.18. The van der Waals surface area contributed by atoms with Gasteiger partial charge in [0, 0.05) is 11.5 Å². The van der Waals surface area contributed by atoms with Gasteiger partial charge in [-0.05, 0) is 24.3 Å². The van der Waals surface area contributed by atoms with E-state index < -0.39 is 0 Å². The lowest BCUT2D eigenvalue weighted by Gasteiger charge is -2.10. The minimum Gasteiger partial charge on any atom is -0.438 e. The summed E-state index contributed by atoms with van der Waals surface area (Å²) in [6.07, 6.45) is 0. The molecule has 1 aromatic heterocycles. The molecule has 0 unspecified atom stereocenters. The summed E-state index contributed by atoms with van der Waals surface area (Å²) < 4.78 is 18.9. The Kier molecular flexibility index (Phi) is 3.50. The molecule has 0 saturated heterocycles. The van der Waals surface area contributed by atoms with Gasteiger partial charge in [-0.15, -0.1) is 0 Å². The van der Waals surface area contributed by atoms with Crippen molar-refractivity contribution in [1.29, 1.82) is 0 Å². The number of nitrogens with zero attached hydrogens (tertiary/aromatic N) is 1. The summed E-state index contributed by atoms with van der Waals surface area (Å²) in [6.45, 7) is 0. The van der Waals surface area contributed by atoms with Crippen molar-refractivity contribution in [2.24, 2.45) is 5.73 Å². The van der Waals surface area contributed by atoms with Crippen molar-refractivity contribution < 1.29 is 9.13 Å². The Morgan fingerprint density at radius 3 is 2.67 bits per heavy atom. The van der Waals surface area contributed by atoms with Crippen LogP contribution in [0.15, 0.2) is 54.6 Å². The number of hydrogen-bond acceptors (Lipinski definition) is 3. The highest BCUT2D eigenvalue weighted by molar-refractivity contribution is 7.80. The van der Waals surface area contributed by atoms with E-state index in [0.717, 1.165) is 10.9 Å². The van der Waals surface area contributed by atoms with Crippen molar-refractivity contribution in [3.63, 3.8) is 0 Å². The average molecular weight is 298 g/mol. The number of ether oxygens (including phenoxy) is 1. The molecule has 0 spiro atoms. The third-order valence-electron chi connectivity index (χ3n) is 2.97. The summed E-state index contributed by atoms with van der Waals surface area (Å²) in [4.78, 5) is 4.59. The summed E-state index contributed by atoms with van der Waals surface area (Å²) in [6, 6.07) is 15.2. The zero-order chi connectivity index (χ0) is 14.8. The Morgan fingerprint density at radius 1 is 1.10 bits per heavy atom. The van der Waals surface area contributed by atoms with Gasteiger partial charge in [0.1, 0.15) is 16.6 Å². The largest absolute Gasteiger partial charge is 0.438 e. The Labute approximate surface area is 126 Å². The van der Waals surface area contributed by atoms with Crippen molar-refractivity contribution >= 4 is 28.1 Å². The number of halogens is 1. The molecule has 3 rings (SSSR count). The summed E-state index contributed by atoms with van der Waals surface area (Å²) in [5.74, 6) is 0.229. The number of para-hydroxylation sites is 1. The van der Waals surface area contributed by atoms with Gasteiger partial charge in [0.15, 0.2) is 0 Å². The molecule has 104 valence electrons. The van der Waals surface area contributed by atoms with Crippen LogP contribution in [-0.2, 0) is 0 Å². The lowest BCUT2D eigenvalue weighted by Crippen LogP contribution is -2.11. The van der Waals surface area contributed by atoms with Crippen LogP contribution < -0.4 is 10.5 Å². The van der Waals surface area contributed by atoms with Gasteiger partial charge in [0.05, 0.1) is 11.1 Å². The van der Waals surface area contributed by atoms with E-state index in [-0.39, 0.29) is 16.7 Å². The molecule has 0 aliphatic heterocycles. The molecular weight excluding hydrogens is 287 g/mol. The van der Waals surface area contributed by atoms with Crippen molar-refractivity contribution in [3.8, 4) is 11.6 Å². The number of thiocarbonyl (C=S) groups is 1. The van der Waals surface area contributed by atoms with Gasteiger partial charge in [-0.1, -0.05) is 36.5 Å². The van der Waals surface area contributed by atoms with E-state index in [1.807, 2.05) is 30.3 Å². The summed E-state index contributed by atoms with van der Waals surface area (Å²) in [7, 11) is 0. The average Bonchev–Trinajstić information content (AvgIpc) is 2.46. The summed E-state index contributed by atoms with van der Waals surface area (Å²) >= 11 is 5.04. The molecule has 0 aliphatic carbocycles. The first kappa shape index (κ1) is 13.5. The van der Waals surface area contributed by atoms with E-state index in [9.17, 15) is 4.39 Å². The van der Waals surface area contributed by atoms with Crippen LogP contribution in [-0.4, -0.2) is 9.97 Å². The number of benzene rings is 2. The number of rotatable bonds is 3. The number of nitrogens with two attached hydrogens (primary N) is 1. The first-order valence-corrected chi connectivity index (χ1v) is 6.67. The predicted molar refractivity (Wildman–Crippen MR) is 84.1 cm³/mol. The molecule has 2 aromatic carbocycles. The Balaban J connectivity index is 2.11. The standard InChI is InChI=1S/C16H11FN2OS/c17-11-5-3-6-12(9-11)20-16-13(15(18)21)8-10-4-1-2-7-14(10)19-16/h1-9H,(H2,18,21). The smallest absolute Gasteiger partial charge is 0.230 e. The fourth-order valence-corrected chi connectivity index (χ4v) is 2.14. The highest BCUT2D eigenvalue weighted by Crippen LogP contribution is 2.27. The first-order chi connectivity index (χ1) is 10.1. The second kappa shape index (κ2) is 5.46. The van der Waals surface area contributed by atoms with Crippen LogP contribution in [0.1, 0.15) is 5.56 Å². The fraction of sp³-hybridized carbons (Fsp3) is 0. The van der Waals surface area contributed by atoms with Crippen LogP contribution in [0, 0.1) is 5.82 Å². The van der Waals surface area contributed by atoms with Gasteiger partial charge in [-0.2, -0.15) is 0 Å². The van der Waals surface area contributed by atoms with E-state index in [2.05, 4.69) is 4.98 Å². The van der Waals surface area contributed by atoms with Crippen LogP contribution in [0.2, 0.25) is 0 Å². The van der Waals surface area contributed by atoms with Crippen molar-refractivity contribution in [2.45, 2.75) is 0 Å². The zero-order valence-electron chi connectivity index (χ0n) is 10.9. The maximum Gasteiger partial charge on any atom is 0.230 e. The number of pyridine rings is 1. The molecule has 3 nitrogen and oxygen atoms in total. The normalized spacial score (nSPS) is 10.5. The second-order valence-corrected chi connectivity index (χ2v) is 4.90. The maximum absolute atomic E-state index is 13.2. The van der Waals surface area contributed by atoms with Crippen LogP contribution in [0.4, 0.5) is 4.39 Å². The summed E-state index contributed by atoms with van der Waals surface area (Å²) in [5, 5.41) is 0.909. The SMILES string of the molecule is NC(=S)c1cc2ccccc2nc1Oc1cccc(F)c1.